The van der Waals surface area contributed by atoms with Gasteiger partial charge in [-0.2, -0.15) is 0 Å². The molecule has 0 spiro atoms. The molecule has 1 aromatic carbocycles. The number of carbonyl (C=O) groups is 1. The van der Waals surface area contributed by atoms with E-state index >= 15 is 0 Å². The molecule has 2 rings (SSSR count). The van der Waals surface area contributed by atoms with Gasteiger partial charge in [0.1, 0.15) is 15.7 Å². The molecular weight excluding hydrogens is 418 g/mol. The number of sulfone groups is 1. The van der Waals surface area contributed by atoms with Crippen molar-refractivity contribution in [2.75, 3.05) is 18.6 Å². The zero-order chi connectivity index (χ0) is 21.9. The molecule has 0 saturated carbocycles. The Morgan fingerprint density at radius 1 is 1.34 bits per heavy atom. The third kappa shape index (κ3) is 5.70. The first kappa shape index (κ1) is 23.2. The van der Waals surface area contributed by atoms with E-state index in [4.69, 9.17) is 11.6 Å². The number of benzene rings is 1. The molecule has 0 bridgehead atoms. The van der Waals surface area contributed by atoms with Gasteiger partial charge in [-0.05, 0) is 31.4 Å². The van der Waals surface area contributed by atoms with Gasteiger partial charge in [-0.3, -0.25) is 14.3 Å². The largest absolute Gasteiger partial charge is 0.465 e. The Bertz CT molecular complexity index is 1070. The normalized spacial score (nSPS) is 13.0. The number of fused-ring (bicyclic) bond motifs is 1. The number of amides is 1. The predicted octanol–water partition coefficient (Wildman–Crippen LogP) is 3.14. The average Bonchev–Trinajstić information content (AvgIpc) is 2.59. The highest BCUT2D eigenvalue weighted by Crippen LogP contribution is 2.24. The Labute approximate surface area is 175 Å². The summed E-state index contributed by atoms with van der Waals surface area (Å²) in [6.07, 6.45) is 0.185. The van der Waals surface area contributed by atoms with Crippen LogP contribution < -0.4 is 5.56 Å². The molecule has 1 atom stereocenters. The zero-order valence-corrected chi connectivity index (χ0v) is 18.4. The smallest absolute Gasteiger partial charge is 0.407 e. The predicted molar refractivity (Wildman–Crippen MR) is 113 cm³/mol. The van der Waals surface area contributed by atoms with Crippen molar-refractivity contribution >= 4 is 38.4 Å². The van der Waals surface area contributed by atoms with Gasteiger partial charge in [0.05, 0.1) is 27.7 Å². The van der Waals surface area contributed by atoms with Crippen LogP contribution in [-0.2, 0) is 16.4 Å². The number of carboxylic acid groups (broad SMARTS) is 1. The third-order valence-corrected chi connectivity index (χ3v) is 5.78. The van der Waals surface area contributed by atoms with Crippen LogP contribution in [0.15, 0.2) is 23.0 Å². The molecule has 1 aromatic heterocycles. The summed E-state index contributed by atoms with van der Waals surface area (Å²) in [5.74, 6) is 1.04. The lowest BCUT2D eigenvalue weighted by molar-refractivity contribution is 0.127. The molecule has 10 heteroatoms. The first-order valence-electron chi connectivity index (χ1n) is 9.07. The van der Waals surface area contributed by atoms with Crippen LogP contribution in [0, 0.1) is 5.92 Å². The molecule has 0 aliphatic carbocycles. The minimum absolute atomic E-state index is 0.0853. The lowest BCUT2D eigenvalue weighted by Gasteiger charge is -2.29. The molecule has 1 amide bonds. The van der Waals surface area contributed by atoms with Crippen LogP contribution in [0.25, 0.3) is 10.9 Å². The fourth-order valence-electron chi connectivity index (χ4n) is 3.11. The Kier molecular flexibility index (Phi) is 7.29. The van der Waals surface area contributed by atoms with Gasteiger partial charge in [0.25, 0.3) is 5.56 Å². The molecular formula is C19H25ClN3O5S. The van der Waals surface area contributed by atoms with E-state index in [1.54, 1.807) is 25.1 Å². The van der Waals surface area contributed by atoms with Gasteiger partial charge in [0, 0.05) is 19.3 Å². The van der Waals surface area contributed by atoms with Crippen LogP contribution in [0.5, 0.6) is 0 Å². The molecule has 29 heavy (non-hydrogen) atoms. The van der Waals surface area contributed by atoms with Crippen LogP contribution >= 0.6 is 11.6 Å². The maximum absolute atomic E-state index is 13.2. The van der Waals surface area contributed by atoms with Gasteiger partial charge in [-0.1, -0.05) is 31.5 Å². The quantitative estimate of drug-likeness (QED) is 0.672. The second-order valence-electron chi connectivity index (χ2n) is 7.34. The fraction of sp³-hybridized carbons (Fsp3) is 0.474. The SMILES string of the molecule is C[C](C)CN(C(=O)O)C(C)c1nc2cccc(Cl)c2c(=O)n1CCCS(C)(=O)=O. The van der Waals surface area contributed by atoms with Crippen LogP contribution in [0.4, 0.5) is 4.79 Å². The first-order valence-corrected chi connectivity index (χ1v) is 11.5. The molecule has 0 saturated heterocycles. The fourth-order valence-corrected chi connectivity index (χ4v) is 4.01. The van der Waals surface area contributed by atoms with Crippen molar-refractivity contribution in [2.45, 2.75) is 39.8 Å². The average molecular weight is 443 g/mol. The molecule has 1 heterocycles. The zero-order valence-electron chi connectivity index (χ0n) is 16.8. The summed E-state index contributed by atoms with van der Waals surface area (Å²) in [6, 6.07) is 4.16. The van der Waals surface area contributed by atoms with Crippen molar-refractivity contribution in [1.29, 1.82) is 0 Å². The van der Waals surface area contributed by atoms with E-state index in [0.717, 1.165) is 12.2 Å². The van der Waals surface area contributed by atoms with Gasteiger partial charge < -0.3 is 5.11 Å². The second-order valence-corrected chi connectivity index (χ2v) is 10.0. The van der Waals surface area contributed by atoms with Crippen molar-refractivity contribution in [3.63, 3.8) is 0 Å². The molecule has 1 unspecified atom stereocenters. The highest BCUT2D eigenvalue weighted by molar-refractivity contribution is 7.90. The van der Waals surface area contributed by atoms with Crippen LogP contribution in [-0.4, -0.2) is 52.6 Å². The Morgan fingerprint density at radius 3 is 2.55 bits per heavy atom. The molecule has 1 N–H and O–H groups in total. The highest BCUT2D eigenvalue weighted by atomic mass is 35.5. The van der Waals surface area contributed by atoms with Gasteiger partial charge in [-0.15, -0.1) is 0 Å². The third-order valence-electron chi connectivity index (χ3n) is 4.43. The summed E-state index contributed by atoms with van der Waals surface area (Å²) in [5.41, 5.74) is -0.0512. The van der Waals surface area contributed by atoms with E-state index in [2.05, 4.69) is 4.98 Å². The minimum Gasteiger partial charge on any atom is -0.465 e. The summed E-state index contributed by atoms with van der Waals surface area (Å²) < 4.78 is 24.3. The molecule has 2 aromatic rings. The van der Waals surface area contributed by atoms with Gasteiger partial charge >= 0.3 is 6.09 Å². The Hall–Kier alpha value is -2.13. The molecule has 0 aliphatic rings. The van der Waals surface area contributed by atoms with Gasteiger partial charge in [0.2, 0.25) is 0 Å². The number of rotatable bonds is 8. The lowest BCUT2D eigenvalue weighted by atomic mass is 10.1. The summed E-state index contributed by atoms with van der Waals surface area (Å²) >= 11 is 6.20. The standard InChI is InChI=1S/C19H25ClN3O5S/c1-12(2)11-23(19(25)26)13(3)17-21-15-8-5-7-14(20)16(15)18(24)22(17)9-6-10-29(4,27)28/h5,7-8,13H,6,9-11H2,1-4H3,(H,25,26). The molecule has 0 aliphatic heterocycles. The molecule has 8 nitrogen and oxygen atoms in total. The van der Waals surface area contributed by atoms with E-state index in [0.29, 0.717) is 5.52 Å². The van der Waals surface area contributed by atoms with Gasteiger partial charge in [-0.25, -0.2) is 18.2 Å². The van der Waals surface area contributed by atoms with Crippen LogP contribution in [0.3, 0.4) is 0 Å². The maximum atomic E-state index is 13.2. The van der Waals surface area contributed by atoms with Crippen molar-refractivity contribution in [3.05, 3.63) is 45.3 Å². The van der Waals surface area contributed by atoms with E-state index in [9.17, 15) is 23.1 Å². The summed E-state index contributed by atoms with van der Waals surface area (Å²) in [5, 5.41) is 10.1. The van der Waals surface area contributed by atoms with E-state index in [1.165, 1.54) is 9.47 Å². The number of hydrogen-bond donors (Lipinski definition) is 1. The summed E-state index contributed by atoms with van der Waals surface area (Å²) in [4.78, 5) is 30.7. The van der Waals surface area contributed by atoms with E-state index in [1.807, 2.05) is 13.8 Å². The summed E-state index contributed by atoms with van der Waals surface area (Å²) in [7, 11) is -3.21. The second kappa shape index (κ2) is 9.13. The first-order chi connectivity index (χ1) is 13.4. The van der Waals surface area contributed by atoms with Crippen LogP contribution in [0.2, 0.25) is 5.02 Å². The molecule has 0 fully saturated rings. The maximum Gasteiger partial charge on any atom is 0.407 e. The van der Waals surface area contributed by atoms with Crippen molar-refractivity contribution < 1.29 is 18.3 Å². The topological polar surface area (TPSA) is 110 Å². The monoisotopic (exact) mass is 442 g/mol. The number of aromatic nitrogens is 2. The van der Waals surface area contributed by atoms with Crippen molar-refractivity contribution in [1.82, 2.24) is 14.5 Å². The minimum atomic E-state index is -3.21. The highest BCUT2D eigenvalue weighted by Gasteiger charge is 2.27. The van der Waals surface area contributed by atoms with E-state index in [-0.39, 0.29) is 41.5 Å². The number of hydrogen-bond acceptors (Lipinski definition) is 5. The van der Waals surface area contributed by atoms with Gasteiger partial charge in [0.15, 0.2) is 0 Å². The molecule has 159 valence electrons. The Balaban J connectivity index is 2.63. The summed E-state index contributed by atoms with van der Waals surface area (Å²) in [6.45, 7) is 5.55. The molecule has 1 radical (unpaired) electrons. The van der Waals surface area contributed by atoms with Crippen molar-refractivity contribution in [2.24, 2.45) is 0 Å². The lowest BCUT2D eigenvalue weighted by Crippen LogP contribution is -2.38. The van der Waals surface area contributed by atoms with E-state index < -0.39 is 27.5 Å². The number of nitrogens with zero attached hydrogens (tertiary/aromatic N) is 3. The van der Waals surface area contributed by atoms with Crippen molar-refractivity contribution in [3.8, 4) is 0 Å². The van der Waals surface area contributed by atoms with Crippen LogP contribution in [0.1, 0.15) is 39.1 Å². The number of halogens is 1. The Morgan fingerprint density at radius 2 is 2.00 bits per heavy atom.